The summed E-state index contributed by atoms with van der Waals surface area (Å²) in [6, 6.07) is -0.816. The van der Waals surface area contributed by atoms with Gasteiger partial charge in [-0.25, -0.2) is 4.98 Å². The van der Waals surface area contributed by atoms with E-state index >= 15 is 0 Å². The summed E-state index contributed by atoms with van der Waals surface area (Å²) in [5.41, 5.74) is 6.10. The third-order valence-electron chi connectivity index (χ3n) is 2.50. The highest BCUT2D eigenvalue weighted by atomic mass is 19.4. The molecule has 0 aliphatic carbocycles. The van der Waals surface area contributed by atoms with Crippen LogP contribution in [0.2, 0.25) is 0 Å². The number of hydrogen-bond donors (Lipinski definition) is 1. The molecule has 1 atom stereocenters. The van der Waals surface area contributed by atoms with Crippen molar-refractivity contribution in [3.63, 3.8) is 0 Å². The minimum absolute atomic E-state index is 0.0116. The molecule has 0 bridgehead atoms. The van der Waals surface area contributed by atoms with E-state index in [4.69, 9.17) is 5.73 Å². The number of aryl methyl sites for hydroxylation is 1. The van der Waals surface area contributed by atoms with Crippen molar-refractivity contribution in [2.45, 2.75) is 38.0 Å². The van der Waals surface area contributed by atoms with Crippen LogP contribution in [0.4, 0.5) is 13.2 Å². The monoisotopic (exact) mass is 279 g/mol. The Hall–Kier alpha value is -1.57. The maximum absolute atomic E-state index is 12.0. The van der Waals surface area contributed by atoms with Gasteiger partial charge >= 0.3 is 12.1 Å². The van der Waals surface area contributed by atoms with E-state index in [2.05, 4.69) is 9.72 Å². The van der Waals surface area contributed by atoms with E-state index < -0.39 is 24.6 Å². The minimum atomic E-state index is -4.14. The van der Waals surface area contributed by atoms with Gasteiger partial charge in [0.05, 0.1) is 19.1 Å². The normalized spacial score (nSPS) is 13.3. The maximum Gasteiger partial charge on any atom is 0.389 e. The van der Waals surface area contributed by atoms with Crippen molar-refractivity contribution < 1.29 is 22.7 Å². The molecule has 0 aliphatic heterocycles. The molecule has 1 rings (SSSR count). The Morgan fingerprint density at radius 1 is 1.58 bits per heavy atom. The van der Waals surface area contributed by atoms with E-state index in [9.17, 15) is 18.0 Å². The summed E-state index contributed by atoms with van der Waals surface area (Å²) in [7, 11) is 1.23. The van der Waals surface area contributed by atoms with E-state index in [-0.39, 0.29) is 19.4 Å². The summed E-state index contributed by atoms with van der Waals surface area (Å²) < 4.78 is 41.9. The van der Waals surface area contributed by atoms with Gasteiger partial charge in [-0.2, -0.15) is 13.2 Å². The Balaban J connectivity index is 2.42. The lowest BCUT2D eigenvalue weighted by Gasteiger charge is -2.07. The number of imidazole rings is 1. The van der Waals surface area contributed by atoms with Crippen LogP contribution >= 0.6 is 0 Å². The Kier molecular flexibility index (Phi) is 5.34. The highest BCUT2D eigenvalue weighted by Crippen LogP contribution is 2.21. The number of halogens is 3. The zero-order valence-corrected chi connectivity index (χ0v) is 10.5. The summed E-state index contributed by atoms with van der Waals surface area (Å²) in [6.07, 6.45) is -1.78. The molecule has 5 nitrogen and oxygen atoms in total. The first-order valence-corrected chi connectivity index (χ1v) is 5.72. The van der Waals surface area contributed by atoms with Gasteiger partial charge in [-0.1, -0.05) is 0 Å². The Morgan fingerprint density at radius 3 is 2.84 bits per heavy atom. The second-order valence-corrected chi connectivity index (χ2v) is 4.16. The molecule has 0 aromatic carbocycles. The van der Waals surface area contributed by atoms with Crippen LogP contribution in [-0.4, -0.2) is 34.8 Å². The van der Waals surface area contributed by atoms with Gasteiger partial charge in [0.15, 0.2) is 0 Å². The van der Waals surface area contributed by atoms with Crippen molar-refractivity contribution in [1.29, 1.82) is 0 Å². The van der Waals surface area contributed by atoms with Crippen molar-refractivity contribution >= 4 is 5.97 Å². The van der Waals surface area contributed by atoms with Crippen LogP contribution in [0.1, 0.15) is 18.5 Å². The van der Waals surface area contributed by atoms with Crippen LogP contribution in [0, 0.1) is 0 Å². The predicted octanol–water partition coefficient (Wildman–Crippen LogP) is 1.27. The second-order valence-electron chi connectivity index (χ2n) is 4.16. The van der Waals surface area contributed by atoms with Crippen LogP contribution < -0.4 is 5.73 Å². The summed E-state index contributed by atoms with van der Waals surface area (Å²) in [5.74, 6) is -0.549. The van der Waals surface area contributed by atoms with E-state index in [1.165, 1.54) is 13.4 Å². The number of carbonyl (C=O) groups is 1. The van der Waals surface area contributed by atoms with Gasteiger partial charge in [0, 0.05) is 25.6 Å². The highest BCUT2D eigenvalue weighted by molar-refractivity contribution is 5.75. The maximum atomic E-state index is 12.0. The summed E-state index contributed by atoms with van der Waals surface area (Å²) >= 11 is 0. The zero-order valence-electron chi connectivity index (χ0n) is 10.5. The van der Waals surface area contributed by atoms with Crippen LogP contribution in [0.5, 0.6) is 0 Å². The smallest absolute Gasteiger partial charge is 0.389 e. The molecule has 1 aromatic rings. The van der Waals surface area contributed by atoms with Gasteiger partial charge in [-0.3, -0.25) is 4.79 Å². The average Bonchev–Trinajstić information content (AvgIpc) is 2.74. The molecule has 1 aromatic heterocycles. The Morgan fingerprint density at radius 2 is 2.26 bits per heavy atom. The molecule has 0 aliphatic rings. The van der Waals surface area contributed by atoms with Crippen molar-refractivity contribution in [2.75, 3.05) is 7.11 Å². The number of aromatic nitrogens is 2. The number of rotatable bonds is 6. The molecule has 2 N–H and O–H groups in total. The quantitative estimate of drug-likeness (QED) is 0.796. The van der Waals surface area contributed by atoms with E-state index in [0.29, 0.717) is 5.69 Å². The fraction of sp³-hybridized carbons (Fsp3) is 0.636. The van der Waals surface area contributed by atoms with Crippen molar-refractivity contribution in [1.82, 2.24) is 9.55 Å². The fourth-order valence-electron chi connectivity index (χ4n) is 1.56. The van der Waals surface area contributed by atoms with Crippen molar-refractivity contribution in [2.24, 2.45) is 5.73 Å². The molecule has 1 unspecified atom stereocenters. The predicted molar refractivity (Wildman–Crippen MR) is 61.2 cm³/mol. The zero-order chi connectivity index (χ0) is 14.5. The first-order valence-electron chi connectivity index (χ1n) is 5.72. The number of nitrogens with zero attached hydrogens (tertiary/aromatic N) is 2. The lowest BCUT2D eigenvalue weighted by Crippen LogP contribution is -2.33. The van der Waals surface area contributed by atoms with E-state index in [0.717, 1.165) is 0 Å². The first kappa shape index (κ1) is 15.5. The lowest BCUT2D eigenvalue weighted by atomic mass is 10.2. The minimum Gasteiger partial charge on any atom is -0.468 e. The molecule has 8 heteroatoms. The molecule has 108 valence electrons. The highest BCUT2D eigenvalue weighted by Gasteiger charge is 2.26. The van der Waals surface area contributed by atoms with Crippen LogP contribution in [-0.2, 0) is 22.5 Å². The molecular formula is C11H16F3N3O2. The van der Waals surface area contributed by atoms with Gasteiger partial charge in [0.25, 0.3) is 0 Å². The number of esters is 1. The average molecular weight is 279 g/mol. The molecule has 0 fully saturated rings. The second kappa shape index (κ2) is 6.55. The third-order valence-corrected chi connectivity index (χ3v) is 2.50. The molecule has 0 radical (unpaired) electrons. The molecule has 0 saturated carbocycles. The fourth-order valence-corrected chi connectivity index (χ4v) is 1.56. The molecular weight excluding hydrogens is 263 g/mol. The summed E-state index contributed by atoms with van der Waals surface area (Å²) in [5, 5.41) is 0. The number of carbonyl (C=O) groups excluding carboxylic acids is 1. The van der Waals surface area contributed by atoms with Crippen molar-refractivity contribution in [3.05, 3.63) is 18.2 Å². The SMILES string of the molecule is COC(=O)C(N)Cc1cn(CCCC(F)(F)F)cn1. The van der Waals surface area contributed by atoms with E-state index in [1.807, 2.05) is 0 Å². The molecule has 19 heavy (non-hydrogen) atoms. The summed E-state index contributed by atoms with van der Waals surface area (Å²) in [6.45, 7) is 0.222. The number of hydrogen-bond acceptors (Lipinski definition) is 4. The van der Waals surface area contributed by atoms with Crippen LogP contribution in [0.15, 0.2) is 12.5 Å². The summed E-state index contributed by atoms with van der Waals surface area (Å²) in [4.78, 5) is 15.1. The van der Waals surface area contributed by atoms with E-state index in [1.54, 1.807) is 10.8 Å². The Labute approximate surface area is 108 Å². The number of alkyl halides is 3. The van der Waals surface area contributed by atoms with Gasteiger partial charge in [0.1, 0.15) is 6.04 Å². The molecule has 0 spiro atoms. The largest absolute Gasteiger partial charge is 0.468 e. The number of methoxy groups -OCH3 is 1. The molecule has 0 saturated heterocycles. The lowest BCUT2D eigenvalue weighted by molar-refractivity contribution is -0.142. The van der Waals surface area contributed by atoms with Gasteiger partial charge in [0.2, 0.25) is 0 Å². The van der Waals surface area contributed by atoms with Gasteiger partial charge in [-0.05, 0) is 6.42 Å². The Bertz CT molecular complexity index is 418. The van der Waals surface area contributed by atoms with Crippen molar-refractivity contribution in [3.8, 4) is 0 Å². The number of ether oxygens (including phenoxy) is 1. The van der Waals surface area contributed by atoms with Gasteiger partial charge in [-0.15, -0.1) is 0 Å². The molecule has 1 heterocycles. The third kappa shape index (κ3) is 5.73. The standard InChI is InChI=1S/C11H16F3N3O2/c1-19-10(18)9(15)5-8-6-17(7-16-8)4-2-3-11(12,13)14/h6-7,9H,2-5,15H2,1H3. The first-order chi connectivity index (χ1) is 8.81. The molecule has 0 amide bonds. The topological polar surface area (TPSA) is 70.1 Å². The number of nitrogens with two attached hydrogens (primary N) is 1. The van der Waals surface area contributed by atoms with Gasteiger partial charge < -0.3 is 15.0 Å². The van der Waals surface area contributed by atoms with Crippen LogP contribution in [0.25, 0.3) is 0 Å². The van der Waals surface area contributed by atoms with Crippen LogP contribution in [0.3, 0.4) is 0 Å².